The summed E-state index contributed by atoms with van der Waals surface area (Å²) in [5, 5.41) is 3.56. The lowest BCUT2D eigenvalue weighted by atomic mass is 10.0. The van der Waals surface area contributed by atoms with Crippen molar-refractivity contribution in [3.8, 4) is 0 Å². The van der Waals surface area contributed by atoms with Gasteiger partial charge in [-0.3, -0.25) is 9.88 Å². The van der Waals surface area contributed by atoms with Gasteiger partial charge in [0.1, 0.15) is 0 Å². The highest BCUT2D eigenvalue weighted by Gasteiger charge is 2.27. The first-order valence-corrected chi connectivity index (χ1v) is 8.20. The fourth-order valence-electron chi connectivity index (χ4n) is 2.61. The average Bonchev–Trinajstić information content (AvgIpc) is 2.49. The van der Waals surface area contributed by atoms with Gasteiger partial charge in [0, 0.05) is 41.9 Å². The summed E-state index contributed by atoms with van der Waals surface area (Å²) in [6.45, 7) is 9.27. The molecule has 0 aromatic carbocycles. The van der Waals surface area contributed by atoms with E-state index in [0.717, 1.165) is 49.4 Å². The molecule has 1 aromatic heterocycles. The van der Waals surface area contributed by atoms with Crippen molar-refractivity contribution in [3.63, 3.8) is 0 Å². The largest absolute Gasteiger partial charge is 0.374 e. The fraction of sp³-hybridized carbons (Fsp3) is 0.667. The molecule has 1 fully saturated rings. The summed E-state index contributed by atoms with van der Waals surface area (Å²) < 4.78 is 7.00. The SMILES string of the molecule is CCNC(Cc1ccc(Br)cn1)C1CN(CC)CCO1. The summed E-state index contributed by atoms with van der Waals surface area (Å²) in [6, 6.07) is 4.45. The molecule has 112 valence electrons. The minimum Gasteiger partial charge on any atom is -0.374 e. The number of hydrogen-bond donors (Lipinski definition) is 1. The summed E-state index contributed by atoms with van der Waals surface area (Å²) >= 11 is 3.43. The van der Waals surface area contributed by atoms with E-state index in [-0.39, 0.29) is 6.10 Å². The normalized spacial score (nSPS) is 21.9. The Morgan fingerprint density at radius 2 is 2.35 bits per heavy atom. The Bertz CT molecular complexity index is 399. The van der Waals surface area contributed by atoms with Crippen LogP contribution in [0.2, 0.25) is 0 Å². The molecule has 1 aromatic rings. The van der Waals surface area contributed by atoms with E-state index in [2.05, 4.69) is 51.0 Å². The molecule has 1 saturated heterocycles. The van der Waals surface area contributed by atoms with Gasteiger partial charge in [0.2, 0.25) is 0 Å². The van der Waals surface area contributed by atoms with Crippen molar-refractivity contribution in [1.82, 2.24) is 15.2 Å². The average molecular weight is 342 g/mol. The molecular formula is C15H24BrN3O. The van der Waals surface area contributed by atoms with Crippen molar-refractivity contribution in [2.24, 2.45) is 0 Å². The first-order chi connectivity index (χ1) is 9.72. The second kappa shape index (κ2) is 8.08. The fourth-order valence-corrected chi connectivity index (χ4v) is 2.85. The molecule has 5 heteroatoms. The standard InChI is InChI=1S/C15H24BrN3O/c1-3-17-14(9-13-6-5-12(16)10-18-13)15-11-19(4-2)7-8-20-15/h5-6,10,14-15,17H,3-4,7-9,11H2,1-2H3. The first kappa shape index (κ1) is 15.9. The molecule has 0 amide bonds. The van der Waals surface area contributed by atoms with Gasteiger partial charge in [-0.2, -0.15) is 0 Å². The van der Waals surface area contributed by atoms with Gasteiger partial charge >= 0.3 is 0 Å². The van der Waals surface area contributed by atoms with Gasteiger partial charge in [0.05, 0.1) is 12.7 Å². The van der Waals surface area contributed by atoms with Crippen molar-refractivity contribution in [2.45, 2.75) is 32.4 Å². The third-order valence-corrected chi connectivity index (χ3v) is 4.23. The highest BCUT2D eigenvalue weighted by atomic mass is 79.9. The molecule has 0 radical (unpaired) electrons. The third-order valence-electron chi connectivity index (χ3n) is 3.76. The van der Waals surface area contributed by atoms with Gasteiger partial charge in [-0.1, -0.05) is 13.8 Å². The van der Waals surface area contributed by atoms with Crippen LogP contribution < -0.4 is 5.32 Å². The molecule has 1 aliphatic rings. The van der Waals surface area contributed by atoms with Crippen LogP contribution in [0.1, 0.15) is 19.5 Å². The van der Waals surface area contributed by atoms with E-state index in [1.165, 1.54) is 0 Å². The zero-order valence-electron chi connectivity index (χ0n) is 12.3. The highest BCUT2D eigenvalue weighted by molar-refractivity contribution is 9.10. The smallest absolute Gasteiger partial charge is 0.0859 e. The lowest BCUT2D eigenvalue weighted by Crippen LogP contribution is -2.53. The Kier molecular flexibility index (Phi) is 6.42. The number of pyridine rings is 1. The number of nitrogens with one attached hydrogen (secondary N) is 1. The molecule has 2 unspecified atom stereocenters. The molecule has 2 rings (SSSR count). The summed E-state index contributed by atoms with van der Waals surface area (Å²) in [7, 11) is 0. The van der Waals surface area contributed by atoms with Crippen LogP contribution >= 0.6 is 15.9 Å². The predicted molar refractivity (Wildman–Crippen MR) is 85.0 cm³/mol. The van der Waals surface area contributed by atoms with E-state index < -0.39 is 0 Å². The van der Waals surface area contributed by atoms with Crippen molar-refractivity contribution in [3.05, 3.63) is 28.5 Å². The first-order valence-electron chi connectivity index (χ1n) is 7.40. The van der Waals surface area contributed by atoms with E-state index in [0.29, 0.717) is 6.04 Å². The lowest BCUT2D eigenvalue weighted by Gasteiger charge is -2.36. The maximum Gasteiger partial charge on any atom is 0.0859 e. The maximum absolute atomic E-state index is 5.98. The topological polar surface area (TPSA) is 37.4 Å². The van der Waals surface area contributed by atoms with Gasteiger partial charge in [-0.25, -0.2) is 0 Å². The van der Waals surface area contributed by atoms with Crippen LogP contribution in [0.5, 0.6) is 0 Å². The molecule has 2 atom stereocenters. The molecule has 2 heterocycles. The van der Waals surface area contributed by atoms with Crippen molar-refractivity contribution < 1.29 is 4.74 Å². The number of ether oxygens (including phenoxy) is 1. The van der Waals surface area contributed by atoms with E-state index in [1.54, 1.807) is 0 Å². The quantitative estimate of drug-likeness (QED) is 0.859. The second-order valence-corrected chi connectivity index (χ2v) is 6.05. The van der Waals surface area contributed by atoms with Gasteiger partial charge in [-0.05, 0) is 41.2 Å². The van der Waals surface area contributed by atoms with Gasteiger partial charge in [0.25, 0.3) is 0 Å². The maximum atomic E-state index is 5.98. The molecule has 0 saturated carbocycles. The highest BCUT2D eigenvalue weighted by Crippen LogP contribution is 2.14. The van der Waals surface area contributed by atoms with Crippen LogP contribution in [0.15, 0.2) is 22.8 Å². The zero-order valence-corrected chi connectivity index (χ0v) is 13.9. The molecule has 1 aliphatic heterocycles. The number of likely N-dealkylation sites (N-methyl/N-ethyl adjacent to an activating group) is 2. The Balaban J connectivity index is 2.00. The monoisotopic (exact) mass is 341 g/mol. The van der Waals surface area contributed by atoms with Crippen LogP contribution in [0.3, 0.4) is 0 Å². The van der Waals surface area contributed by atoms with Crippen LogP contribution in [-0.2, 0) is 11.2 Å². The number of nitrogens with zero attached hydrogens (tertiary/aromatic N) is 2. The summed E-state index contributed by atoms with van der Waals surface area (Å²) in [5.74, 6) is 0. The van der Waals surface area contributed by atoms with E-state index in [9.17, 15) is 0 Å². The summed E-state index contributed by atoms with van der Waals surface area (Å²) in [4.78, 5) is 6.93. The molecule has 20 heavy (non-hydrogen) atoms. The molecule has 0 aliphatic carbocycles. The number of hydrogen-bond acceptors (Lipinski definition) is 4. The Morgan fingerprint density at radius 3 is 3.00 bits per heavy atom. The number of aromatic nitrogens is 1. The Hall–Kier alpha value is -0.490. The molecule has 1 N–H and O–H groups in total. The minimum atomic E-state index is 0.245. The van der Waals surface area contributed by atoms with E-state index in [4.69, 9.17) is 4.74 Å². The minimum absolute atomic E-state index is 0.245. The zero-order chi connectivity index (χ0) is 14.4. The van der Waals surface area contributed by atoms with Crippen LogP contribution in [0.25, 0.3) is 0 Å². The Labute approximate surface area is 130 Å². The van der Waals surface area contributed by atoms with Crippen LogP contribution in [-0.4, -0.2) is 54.8 Å². The number of morpholine rings is 1. The van der Waals surface area contributed by atoms with Gasteiger partial charge in [-0.15, -0.1) is 0 Å². The third kappa shape index (κ3) is 4.52. The number of halogens is 1. The van der Waals surface area contributed by atoms with E-state index in [1.807, 2.05) is 12.3 Å². The second-order valence-electron chi connectivity index (χ2n) is 5.14. The van der Waals surface area contributed by atoms with Crippen LogP contribution in [0, 0.1) is 0 Å². The summed E-state index contributed by atoms with van der Waals surface area (Å²) in [6.07, 6.45) is 3.01. The molecular weight excluding hydrogens is 318 g/mol. The van der Waals surface area contributed by atoms with Crippen molar-refractivity contribution in [1.29, 1.82) is 0 Å². The molecule has 4 nitrogen and oxygen atoms in total. The lowest BCUT2D eigenvalue weighted by molar-refractivity contribution is -0.0446. The van der Waals surface area contributed by atoms with E-state index >= 15 is 0 Å². The predicted octanol–water partition coefficient (Wildman–Crippen LogP) is 2.09. The van der Waals surface area contributed by atoms with Crippen LogP contribution in [0.4, 0.5) is 0 Å². The molecule has 0 spiro atoms. The summed E-state index contributed by atoms with van der Waals surface area (Å²) in [5.41, 5.74) is 1.11. The van der Waals surface area contributed by atoms with Crippen molar-refractivity contribution >= 4 is 15.9 Å². The van der Waals surface area contributed by atoms with Crippen molar-refractivity contribution in [2.75, 3.05) is 32.8 Å². The number of rotatable bonds is 6. The molecule has 0 bridgehead atoms. The Morgan fingerprint density at radius 1 is 1.50 bits per heavy atom. The van der Waals surface area contributed by atoms with Gasteiger partial charge in [0.15, 0.2) is 0 Å². The van der Waals surface area contributed by atoms with Gasteiger partial charge < -0.3 is 10.1 Å².